The fourth-order valence-corrected chi connectivity index (χ4v) is 3.85. The van der Waals surface area contributed by atoms with Crippen LogP contribution < -0.4 is 9.88 Å². The number of nitrogens with two attached hydrogens (primary N) is 1. The van der Waals surface area contributed by atoms with Gasteiger partial charge < -0.3 is 9.64 Å². The predicted octanol–water partition coefficient (Wildman–Crippen LogP) is 1.83. The molecule has 1 amide bonds. The molecule has 2 aliphatic rings. The van der Waals surface area contributed by atoms with Crippen LogP contribution in [0.3, 0.4) is 0 Å². The van der Waals surface area contributed by atoms with Gasteiger partial charge in [0, 0.05) is 24.1 Å². The number of carbonyl (C=O) groups is 1. The highest BCUT2D eigenvalue weighted by molar-refractivity contribution is 7.90. The van der Waals surface area contributed by atoms with Crippen molar-refractivity contribution in [2.45, 2.75) is 38.0 Å². The lowest BCUT2D eigenvalue weighted by molar-refractivity contribution is -0.129. The number of fused-ring (bicyclic) bond motifs is 1. The van der Waals surface area contributed by atoms with Crippen molar-refractivity contribution < 1.29 is 17.9 Å². The van der Waals surface area contributed by atoms with Crippen molar-refractivity contribution in [3.05, 3.63) is 35.4 Å². The lowest BCUT2D eigenvalue weighted by atomic mass is 9.96. The van der Waals surface area contributed by atoms with E-state index in [0.29, 0.717) is 30.0 Å². The van der Waals surface area contributed by atoms with Crippen LogP contribution in [-0.4, -0.2) is 30.7 Å². The Hall–Kier alpha value is -1.86. The number of likely N-dealkylation sites (tertiary alicyclic amines) is 1. The summed E-state index contributed by atoms with van der Waals surface area (Å²) < 4.78 is 30.1. The van der Waals surface area contributed by atoms with Gasteiger partial charge >= 0.3 is 0 Å². The second-order valence-electron chi connectivity index (χ2n) is 6.07. The summed E-state index contributed by atoms with van der Waals surface area (Å²) in [6.45, 7) is 3.67. The van der Waals surface area contributed by atoms with Gasteiger partial charge in [-0.25, -0.2) is 13.6 Å². The van der Waals surface area contributed by atoms with Crippen LogP contribution in [0, 0.1) is 0 Å². The molecule has 0 saturated carbocycles. The van der Waals surface area contributed by atoms with Gasteiger partial charge in [0.15, 0.2) is 0 Å². The molecule has 2 N–H and O–H groups in total. The zero-order valence-electron chi connectivity index (χ0n) is 13.2. The normalized spacial score (nSPS) is 25.2. The highest BCUT2D eigenvalue weighted by Gasteiger charge is 2.47. The second kappa shape index (κ2) is 5.35. The van der Waals surface area contributed by atoms with Crippen LogP contribution in [0.1, 0.15) is 38.7 Å². The summed E-state index contributed by atoms with van der Waals surface area (Å²) >= 11 is 0. The lowest BCUT2D eigenvalue weighted by Gasteiger charge is -2.40. The van der Waals surface area contributed by atoms with Crippen LogP contribution >= 0.6 is 0 Å². The number of sulfonamides is 1. The summed E-state index contributed by atoms with van der Waals surface area (Å²) in [5.41, 5.74) is 1.77. The minimum absolute atomic E-state index is 0.000859. The number of hydrogen-bond acceptors (Lipinski definition) is 4. The summed E-state index contributed by atoms with van der Waals surface area (Å²) in [5.74, 6) is 0.419. The molecular weight excluding hydrogens is 316 g/mol. The molecule has 23 heavy (non-hydrogen) atoms. The maximum atomic E-state index is 12.4. The minimum Gasteiger partial charge on any atom is -0.465 e. The van der Waals surface area contributed by atoms with Crippen LogP contribution in [0.15, 0.2) is 29.8 Å². The molecule has 0 aliphatic carbocycles. The van der Waals surface area contributed by atoms with Crippen LogP contribution in [0.2, 0.25) is 0 Å². The van der Waals surface area contributed by atoms with Crippen molar-refractivity contribution in [3.63, 3.8) is 0 Å². The molecule has 1 saturated heterocycles. The number of carbonyl (C=O) groups excluding carboxylic acids is 1. The number of benzene rings is 1. The van der Waals surface area contributed by atoms with Crippen molar-refractivity contribution in [3.8, 4) is 5.75 Å². The van der Waals surface area contributed by atoms with E-state index < -0.39 is 15.0 Å². The van der Waals surface area contributed by atoms with E-state index in [0.717, 1.165) is 18.4 Å². The number of amides is 1. The average molecular weight is 336 g/mol. The molecule has 0 aromatic heterocycles. The van der Waals surface area contributed by atoms with Crippen molar-refractivity contribution in [1.29, 1.82) is 0 Å². The SMILES string of the molecule is CC1=C(N2CCCCC2=O)c2ccccc2OC1(C)S(N)(=O)=O. The summed E-state index contributed by atoms with van der Waals surface area (Å²) in [7, 11) is -4.02. The van der Waals surface area contributed by atoms with Crippen LogP contribution in [0.5, 0.6) is 5.75 Å². The number of primary sulfonamides is 1. The number of ether oxygens (including phenoxy) is 1. The molecule has 2 aliphatic heterocycles. The Bertz CT molecular complexity index is 800. The molecular formula is C16H20N2O4S. The Morgan fingerprint density at radius 3 is 2.61 bits per heavy atom. The zero-order valence-corrected chi connectivity index (χ0v) is 14.0. The third kappa shape index (κ3) is 2.44. The minimum atomic E-state index is -4.02. The maximum absolute atomic E-state index is 12.4. The third-order valence-corrected chi connectivity index (χ3v) is 6.09. The molecule has 1 atom stereocenters. The molecule has 0 radical (unpaired) electrons. The van der Waals surface area contributed by atoms with E-state index in [2.05, 4.69) is 0 Å². The molecule has 1 aromatic carbocycles. The maximum Gasteiger partial charge on any atom is 0.254 e. The molecule has 0 spiro atoms. The molecule has 3 rings (SSSR count). The molecule has 1 fully saturated rings. The van der Waals surface area contributed by atoms with Gasteiger partial charge in [0.2, 0.25) is 10.8 Å². The molecule has 1 aromatic rings. The first-order chi connectivity index (χ1) is 10.8. The summed E-state index contributed by atoms with van der Waals surface area (Å²) in [4.78, 5) is 12.4. The van der Waals surface area contributed by atoms with Crippen LogP contribution in [0.4, 0.5) is 0 Å². The average Bonchev–Trinajstić information content (AvgIpc) is 2.49. The second-order valence-corrected chi connectivity index (χ2v) is 7.93. The van der Waals surface area contributed by atoms with Gasteiger partial charge in [-0.2, -0.15) is 0 Å². The van der Waals surface area contributed by atoms with Gasteiger partial charge in [-0.05, 0) is 38.8 Å². The lowest BCUT2D eigenvalue weighted by Crippen LogP contribution is -2.50. The van der Waals surface area contributed by atoms with Gasteiger partial charge in [0.1, 0.15) is 5.75 Å². The Morgan fingerprint density at radius 1 is 1.26 bits per heavy atom. The standard InChI is InChI=1S/C16H20N2O4S/c1-11-15(18-10-6-5-9-14(18)19)12-7-3-4-8-13(12)22-16(11,2)23(17,20)21/h3-4,7-8H,5-6,9-10H2,1-2H3,(H2,17,20,21). The first-order valence-corrected chi connectivity index (χ1v) is 9.13. The zero-order chi connectivity index (χ0) is 16.8. The highest BCUT2D eigenvalue weighted by Crippen LogP contribution is 2.44. The summed E-state index contributed by atoms with van der Waals surface area (Å²) in [6.07, 6.45) is 2.20. The number of rotatable bonds is 2. The Labute approximate surface area is 136 Å². The number of hydrogen-bond donors (Lipinski definition) is 1. The first-order valence-electron chi connectivity index (χ1n) is 7.58. The quantitative estimate of drug-likeness (QED) is 0.892. The van der Waals surface area contributed by atoms with E-state index in [1.54, 1.807) is 24.0 Å². The first kappa shape index (κ1) is 16.0. The summed E-state index contributed by atoms with van der Waals surface area (Å²) in [6, 6.07) is 7.13. The van der Waals surface area contributed by atoms with Crippen molar-refractivity contribution in [2.75, 3.05) is 6.54 Å². The van der Waals surface area contributed by atoms with Gasteiger partial charge in [-0.15, -0.1) is 0 Å². The topological polar surface area (TPSA) is 89.7 Å². The Balaban J connectivity index is 2.26. The van der Waals surface area contributed by atoms with Gasteiger partial charge in [0.05, 0.1) is 5.70 Å². The van der Waals surface area contributed by atoms with E-state index in [9.17, 15) is 13.2 Å². The van der Waals surface area contributed by atoms with E-state index in [4.69, 9.17) is 9.88 Å². The Morgan fingerprint density at radius 2 is 1.96 bits per heavy atom. The highest BCUT2D eigenvalue weighted by atomic mass is 32.2. The molecule has 7 heteroatoms. The fourth-order valence-electron chi connectivity index (χ4n) is 3.12. The fraction of sp³-hybridized carbons (Fsp3) is 0.438. The Kier molecular flexibility index (Phi) is 3.72. The summed E-state index contributed by atoms with van der Waals surface area (Å²) in [5, 5.41) is 5.43. The molecule has 1 unspecified atom stereocenters. The van der Waals surface area contributed by atoms with Gasteiger partial charge in [0.25, 0.3) is 10.0 Å². The van der Waals surface area contributed by atoms with Crippen LogP contribution in [-0.2, 0) is 14.8 Å². The number of piperidine rings is 1. The molecule has 0 bridgehead atoms. The largest absolute Gasteiger partial charge is 0.465 e. The van der Waals surface area contributed by atoms with E-state index in [1.165, 1.54) is 6.92 Å². The van der Waals surface area contributed by atoms with E-state index in [1.807, 2.05) is 12.1 Å². The monoisotopic (exact) mass is 336 g/mol. The van der Waals surface area contributed by atoms with Gasteiger partial charge in [-0.1, -0.05) is 12.1 Å². The van der Waals surface area contributed by atoms with Crippen molar-refractivity contribution >= 4 is 21.6 Å². The number of nitrogens with zero attached hydrogens (tertiary/aromatic N) is 1. The molecule has 6 nitrogen and oxygen atoms in total. The predicted molar refractivity (Wildman–Crippen MR) is 86.7 cm³/mol. The molecule has 2 heterocycles. The van der Waals surface area contributed by atoms with Crippen LogP contribution in [0.25, 0.3) is 5.70 Å². The smallest absolute Gasteiger partial charge is 0.254 e. The molecule has 124 valence electrons. The van der Waals surface area contributed by atoms with E-state index >= 15 is 0 Å². The van der Waals surface area contributed by atoms with Crippen molar-refractivity contribution in [1.82, 2.24) is 4.90 Å². The van der Waals surface area contributed by atoms with Crippen molar-refractivity contribution in [2.24, 2.45) is 5.14 Å². The van der Waals surface area contributed by atoms with E-state index in [-0.39, 0.29) is 5.91 Å². The number of para-hydroxylation sites is 1. The third-order valence-electron chi connectivity index (χ3n) is 4.62. The van der Waals surface area contributed by atoms with Gasteiger partial charge in [-0.3, -0.25) is 4.79 Å².